The molecule has 8 nitrogen and oxygen atoms in total. The summed E-state index contributed by atoms with van der Waals surface area (Å²) >= 11 is 0. The van der Waals surface area contributed by atoms with E-state index >= 15 is 0 Å². The summed E-state index contributed by atoms with van der Waals surface area (Å²) < 4.78 is 25.2. The number of nitrogens with zero attached hydrogens (tertiary/aromatic N) is 4. The molecule has 0 N–H and O–H groups in total. The van der Waals surface area contributed by atoms with Crippen LogP contribution in [0.5, 0.6) is 0 Å². The molecule has 2 fully saturated rings. The fraction of sp³-hybridized carbons (Fsp3) is 0.778. The van der Waals surface area contributed by atoms with Crippen molar-refractivity contribution < 1.29 is 18.0 Å². The molecule has 0 saturated carbocycles. The van der Waals surface area contributed by atoms with Crippen LogP contribution in [0.25, 0.3) is 0 Å². The lowest BCUT2D eigenvalue weighted by Crippen LogP contribution is -2.46. The maximum absolute atomic E-state index is 12.9. The zero-order chi connectivity index (χ0) is 19.8. The topological polar surface area (TPSA) is 81.2 Å². The van der Waals surface area contributed by atoms with Gasteiger partial charge in [0, 0.05) is 45.7 Å². The fourth-order valence-corrected chi connectivity index (χ4v) is 5.33. The van der Waals surface area contributed by atoms with Gasteiger partial charge in [-0.25, -0.2) is 12.7 Å². The molecule has 3 rings (SSSR count). The lowest BCUT2D eigenvalue weighted by Gasteiger charge is -2.33. The minimum atomic E-state index is -3.68. The van der Waals surface area contributed by atoms with Crippen LogP contribution in [0.1, 0.15) is 26.2 Å². The van der Waals surface area contributed by atoms with Crippen LogP contribution in [0.3, 0.4) is 0 Å². The minimum absolute atomic E-state index is 0. The Kier molecular flexibility index (Phi) is 9.42. The molecule has 3 heterocycles. The SMILES string of the molecule is CCC[C@H]1C(=O)N(S(C)(=O)=O)C2=CCN(C(=O)CCN3CCN(C)CC3)[C@@H]21.Cl.Cl. The highest BCUT2D eigenvalue weighted by atomic mass is 35.5. The summed E-state index contributed by atoms with van der Waals surface area (Å²) in [5, 5.41) is 0. The van der Waals surface area contributed by atoms with Crippen LogP contribution in [-0.4, -0.2) is 97.9 Å². The standard InChI is InChI=1S/C18H30N4O4S.2ClH/c1-4-5-14-17-15(22(18(14)24)27(3,25)26)6-9-21(17)16(23)7-8-20-12-10-19(2)11-13-20;;/h6,14,17H,4-5,7-13H2,1-3H3;2*1H/t14-,17-;;/m1../s1. The van der Waals surface area contributed by atoms with E-state index in [-0.39, 0.29) is 30.7 Å². The molecule has 0 aliphatic carbocycles. The summed E-state index contributed by atoms with van der Waals surface area (Å²) in [5.41, 5.74) is 0.467. The number of likely N-dealkylation sites (N-methyl/N-ethyl adjacent to an activating group) is 1. The molecular weight excluding hydrogens is 439 g/mol. The zero-order valence-corrected chi connectivity index (χ0v) is 19.7. The Labute approximate surface area is 186 Å². The summed E-state index contributed by atoms with van der Waals surface area (Å²) in [6, 6.07) is -0.438. The molecule has 2 saturated heterocycles. The van der Waals surface area contributed by atoms with E-state index in [2.05, 4.69) is 16.8 Å². The lowest BCUT2D eigenvalue weighted by atomic mass is 9.96. The van der Waals surface area contributed by atoms with Gasteiger partial charge < -0.3 is 14.7 Å². The van der Waals surface area contributed by atoms with Crippen LogP contribution >= 0.6 is 24.8 Å². The van der Waals surface area contributed by atoms with E-state index < -0.39 is 27.9 Å². The number of halogens is 2. The molecule has 11 heteroatoms. The van der Waals surface area contributed by atoms with E-state index in [9.17, 15) is 18.0 Å². The quantitative estimate of drug-likeness (QED) is 0.570. The molecule has 29 heavy (non-hydrogen) atoms. The highest BCUT2D eigenvalue weighted by Gasteiger charge is 2.53. The van der Waals surface area contributed by atoms with Gasteiger partial charge in [0.2, 0.25) is 21.8 Å². The highest BCUT2D eigenvalue weighted by Crippen LogP contribution is 2.40. The van der Waals surface area contributed by atoms with Gasteiger partial charge in [-0.2, -0.15) is 0 Å². The number of carbonyl (C=O) groups excluding carboxylic acids is 2. The average Bonchev–Trinajstić information content (AvgIpc) is 3.12. The number of fused-ring (bicyclic) bond motifs is 1. The first-order valence-corrected chi connectivity index (χ1v) is 11.5. The first-order valence-electron chi connectivity index (χ1n) is 9.68. The van der Waals surface area contributed by atoms with Gasteiger partial charge in [0.05, 0.1) is 23.9 Å². The van der Waals surface area contributed by atoms with Crippen LogP contribution in [0.15, 0.2) is 11.8 Å². The third kappa shape index (κ3) is 5.44. The maximum atomic E-state index is 12.9. The van der Waals surface area contributed by atoms with Gasteiger partial charge >= 0.3 is 0 Å². The minimum Gasteiger partial charge on any atom is -0.329 e. The van der Waals surface area contributed by atoms with Crippen molar-refractivity contribution in [3.63, 3.8) is 0 Å². The fourth-order valence-electron chi connectivity index (χ4n) is 4.30. The number of hydrogen-bond donors (Lipinski definition) is 0. The molecule has 3 aliphatic heterocycles. The van der Waals surface area contributed by atoms with Crippen molar-refractivity contribution in [3.05, 3.63) is 11.8 Å². The van der Waals surface area contributed by atoms with Crippen LogP contribution in [0, 0.1) is 5.92 Å². The number of hydrogen-bond acceptors (Lipinski definition) is 6. The number of sulfonamides is 1. The molecule has 0 bridgehead atoms. The Balaban J connectivity index is 0.00000210. The van der Waals surface area contributed by atoms with Gasteiger partial charge in [0.25, 0.3) is 0 Å². The second-order valence-electron chi connectivity index (χ2n) is 7.78. The maximum Gasteiger partial charge on any atom is 0.246 e. The summed E-state index contributed by atoms with van der Waals surface area (Å²) in [7, 11) is -1.58. The summed E-state index contributed by atoms with van der Waals surface area (Å²) in [5.74, 6) is -0.868. The Morgan fingerprint density at radius 3 is 2.34 bits per heavy atom. The number of amides is 2. The first-order chi connectivity index (χ1) is 12.7. The molecule has 0 aromatic rings. The zero-order valence-electron chi connectivity index (χ0n) is 17.2. The molecule has 0 aromatic heterocycles. The molecule has 2 amide bonds. The van der Waals surface area contributed by atoms with Gasteiger partial charge in [-0.1, -0.05) is 13.3 Å². The normalized spacial score (nSPS) is 25.3. The van der Waals surface area contributed by atoms with Crippen LogP contribution in [-0.2, 0) is 19.6 Å². The molecule has 0 unspecified atom stereocenters. The summed E-state index contributed by atoms with van der Waals surface area (Å²) in [6.45, 7) is 6.96. The van der Waals surface area contributed by atoms with E-state index in [0.717, 1.165) is 43.2 Å². The van der Waals surface area contributed by atoms with E-state index in [1.54, 1.807) is 11.0 Å². The smallest absolute Gasteiger partial charge is 0.246 e. The van der Waals surface area contributed by atoms with Crippen molar-refractivity contribution in [2.45, 2.75) is 32.2 Å². The van der Waals surface area contributed by atoms with Gasteiger partial charge in [0.15, 0.2) is 0 Å². The van der Waals surface area contributed by atoms with Gasteiger partial charge in [-0.15, -0.1) is 24.8 Å². The second kappa shape index (κ2) is 10.4. The summed E-state index contributed by atoms with van der Waals surface area (Å²) in [4.78, 5) is 31.9. The number of rotatable bonds is 6. The monoisotopic (exact) mass is 470 g/mol. The van der Waals surface area contributed by atoms with Crippen molar-refractivity contribution in [1.29, 1.82) is 0 Å². The van der Waals surface area contributed by atoms with Crippen LogP contribution < -0.4 is 0 Å². The average molecular weight is 471 g/mol. The molecule has 168 valence electrons. The molecule has 3 aliphatic rings. The van der Waals surface area contributed by atoms with E-state index in [0.29, 0.717) is 31.6 Å². The van der Waals surface area contributed by atoms with Crippen molar-refractivity contribution in [2.75, 3.05) is 52.6 Å². The number of carbonyl (C=O) groups is 2. The van der Waals surface area contributed by atoms with Gasteiger partial charge in [0.1, 0.15) is 0 Å². The Morgan fingerprint density at radius 1 is 1.17 bits per heavy atom. The molecule has 0 spiro atoms. The summed E-state index contributed by atoms with van der Waals surface area (Å²) in [6.07, 6.45) is 4.52. The molecule has 0 aromatic carbocycles. The van der Waals surface area contributed by atoms with Crippen LogP contribution in [0.4, 0.5) is 0 Å². The van der Waals surface area contributed by atoms with Crippen molar-refractivity contribution in [3.8, 4) is 0 Å². The predicted octanol–water partition coefficient (Wildman–Crippen LogP) is 0.780. The third-order valence-electron chi connectivity index (χ3n) is 5.76. The third-order valence-corrected chi connectivity index (χ3v) is 6.81. The second-order valence-corrected chi connectivity index (χ2v) is 9.61. The Morgan fingerprint density at radius 2 is 1.79 bits per heavy atom. The van der Waals surface area contributed by atoms with Crippen molar-refractivity contribution >= 4 is 46.7 Å². The van der Waals surface area contributed by atoms with Gasteiger partial charge in [-0.3, -0.25) is 9.59 Å². The van der Waals surface area contributed by atoms with Gasteiger partial charge in [-0.05, 0) is 19.5 Å². The van der Waals surface area contributed by atoms with Crippen molar-refractivity contribution in [1.82, 2.24) is 19.0 Å². The highest BCUT2D eigenvalue weighted by molar-refractivity contribution is 7.89. The Bertz CT molecular complexity index is 738. The van der Waals surface area contributed by atoms with Crippen LogP contribution in [0.2, 0.25) is 0 Å². The van der Waals surface area contributed by atoms with Crippen molar-refractivity contribution in [2.24, 2.45) is 5.92 Å². The lowest BCUT2D eigenvalue weighted by molar-refractivity contribution is -0.134. The largest absolute Gasteiger partial charge is 0.329 e. The van der Waals surface area contributed by atoms with E-state index in [1.165, 1.54) is 0 Å². The van der Waals surface area contributed by atoms with E-state index in [1.807, 2.05) is 6.92 Å². The Hall–Kier alpha value is -0.870. The predicted molar refractivity (Wildman–Crippen MR) is 117 cm³/mol. The molecule has 0 radical (unpaired) electrons. The van der Waals surface area contributed by atoms with E-state index in [4.69, 9.17) is 0 Å². The molecular formula is C18H32Cl2N4O4S. The first kappa shape index (κ1) is 26.2. The number of piperazine rings is 1. The molecule has 2 atom stereocenters.